The highest BCUT2D eigenvalue weighted by atomic mass is 19.4. The summed E-state index contributed by atoms with van der Waals surface area (Å²) in [6, 6.07) is 0. The zero-order valence-electron chi connectivity index (χ0n) is 21.3. The van der Waals surface area contributed by atoms with Gasteiger partial charge in [-0.15, -0.1) is 0 Å². The summed E-state index contributed by atoms with van der Waals surface area (Å²) >= 11 is 0. The summed E-state index contributed by atoms with van der Waals surface area (Å²) < 4.78 is 38.0. The monoisotopic (exact) mass is 472 g/mol. The zero-order chi connectivity index (χ0) is 24.4. The highest BCUT2D eigenvalue weighted by Gasteiger charge is 2.50. The highest BCUT2D eigenvalue weighted by molar-refractivity contribution is 5.16. The van der Waals surface area contributed by atoms with E-state index in [1.54, 1.807) is 0 Å². The number of aliphatic hydroxyl groups is 2. The first-order valence-corrected chi connectivity index (χ1v) is 13.6. The third-order valence-electron chi connectivity index (χ3n) is 10.1. The molecule has 0 bridgehead atoms. The van der Waals surface area contributed by atoms with Crippen LogP contribution in [0.25, 0.3) is 0 Å². The van der Waals surface area contributed by atoms with Crippen molar-refractivity contribution in [1.29, 1.82) is 0 Å². The van der Waals surface area contributed by atoms with Crippen LogP contribution >= 0.6 is 0 Å². The lowest BCUT2D eigenvalue weighted by Gasteiger charge is -2.44. The van der Waals surface area contributed by atoms with Crippen LogP contribution in [0.4, 0.5) is 13.2 Å². The van der Waals surface area contributed by atoms with Gasteiger partial charge in [0.05, 0.1) is 5.60 Å². The molecule has 3 rings (SSSR count). The molecule has 8 atom stereocenters. The topological polar surface area (TPSA) is 40.5 Å². The van der Waals surface area contributed by atoms with Gasteiger partial charge in [-0.1, -0.05) is 58.6 Å². The van der Waals surface area contributed by atoms with Crippen molar-refractivity contribution in [2.75, 3.05) is 0 Å². The zero-order valence-corrected chi connectivity index (χ0v) is 21.3. The summed E-state index contributed by atoms with van der Waals surface area (Å²) in [6.07, 6.45) is 7.50. The van der Waals surface area contributed by atoms with E-state index in [4.69, 9.17) is 0 Å². The van der Waals surface area contributed by atoms with Crippen LogP contribution in [0.5, 0.6) is 0 Å². The lowest BCUT2D eigenvalue weighted by atomic mass is 9.61. The Morgan fingerprint density at radius 3 is 2.52 bits per heavy atom. The molecule has 0 heterocycles. The average Bonchev–Trinajstić information content (AvgIpc) is 3.09. The molecule has 3 aliphatic rings. The third-order valence-corrected chi connectivity index (χ3v) is 10.1. The smallest absolute Gasteiger partial charge is 0.390 e. The van der Waals surface area contributed by atoms with Gasteiger partial charge >= 0.3 is 6.18 Å². The van der Waals surface area contributed by atoms with Crippen LogP contribution in [-0.2, 0) is 0 Å². The SMILES string of the molecule is CC[C@]1(O)CC[C@@H]2CCC[C@]3(C)[C@@H]([C@H](C)CCC[C@H](O)C(F)(F)F)CC[C@H]3[C@@H](C)CC=C2C1. The van der Waals surface area contributed by atoms with Gasteiger partial charge in [0.1, 0.15) is 6.10 Å². The second kappa shape index (κ2) is 10.6. The molecule has 5 heteroatoms. The Balaban J connectivity index is 1.67. The molecule has 0 aromatic carbocycles. The number of alkyl halides is 3. The number of halogens is 3. The molecule has 0 saturated heterocycles. The molecule has 0 unspecified atom stereocenters. The lowest BCUT2D eigenvalue weighted by Crippen LogP contribution is -2.37. The summed E-state index contributed by atoms with van der Waals surface area (Å²) in [6.45, 7) is 9.18. The molecule has 33 heavy (non-hydrogen) atoms. The Kier molecular flexibility index (Phi) is 8.69. The lowest BCUT2D eigenvalue weighted by molar-refractivity contribution is -0.205. The first-order valence-electron chi connectivity index (χ1n) is 13.6. The maximum absolute atomic E-state index is 12.7. The van der Waals surface area contributed by atoms with Gasteiger partial charge < -0.3 is 10.2 Å². The van der Waals surface area contributed by atoms with Crippen molar-refractivity contribution in [3.05, 3.63) is 11.6 Å². The number of allylic oxidation sites excluding steroid dienone is 1. The molecule has 3 aliphatic carbocycles. The minimum atomic E-state index is -4.50. The van der Waals surface area contributed by atoms with Gasteiger partial charge in [-0.05, 0) is 99.2 Å². The fourth-order valence-corrected chi connectivity index (χ4v) is 7.87. The molecule has 2 nitrogen and oxygen atoms in total. The molecule has 0 aromatic rings. The van der Waals surface area contributed by atoms with Gasteiger partial charge in [0.15, 0.2) is 0 Å². The first-order chi connectivity index (χ1) is 15.4. The first kappa shape index (κ1) is 27.0. The normalized spacial score (nSPS) is 39.8. The summed E-state index contributed by atoms with van der Waals surface area (Å²) in [5.74, 6) is 2.77. The summed E-state index contributed by atoms with van der Waals surface area (Å²) in [5.41, 5.74) is 1.22. The maximum Gasteiger partial charge on any atom is 0.414 e. The second-order valence-corrected chi connectivity index (χ2v) is 12.1. The molecular weight excluding hydrogens is 425 g/mol. The molecule has 2 saturated carbocycles. The van der Waals surface area contributed by atoms with Crippen LogP contribution < -0.4 is 0 Å². The van der Waals surface area contributed by atoms with Crippen molar-refractivity contribution in [1.82, 2.24) is 0 Å². The number of rotatable bonds is 6. The fraction of sp³-hybridized carbons (Fsp3) is 0.929. The number of hydrogen-bond acceptors (Lipinski definition) is 2. The molecule has 0 aromatic heterocycles. The van der Waals surface area contributed by atoms with Crippen LogP contribution in [0.15, 0.2) is 11.6 Å². The summed E-state index contributed by atoms with van der Waals surface area (Å²) in [4.78, 5) is 0. The number of hydrogen-bond donors (Lipinski definition) is 2. The second-order valence-electron chi connectivity index (χ2n) is 12.1. The van der Waals surface area contributed by atoms with Crippen molar-refractivity contribution < 1.29 is 23.4 Å². The molecule has 0 amide bonds. The van der Waals surface area contributed by atoms with Crippen molar-refractivity contribution in [3.8, 4) is 0 Å². The summed E-state index contributed by atoms with van der Waals surface area (Å²) in [5, 5.41) is 20.3. The Morgan fingerprint density at radius 2 is 1.85 bits per heavy atom. The molecule has 0 spiro atoms. The van der Waals surface area contributed by atoms with Crippen LogP contribution in [0.1, 0.15) is 111 Å². The fourth-order valence-electron chi connectivity index (χ4n) is 7.87. The van der Waals surface area contributed by atoms with Crippen LogP contribution in [0.2, 0.25) is 0 Å². The predicted molar refractivity (Wildman–Crippen MR) is 128 cm³/mol. The molecule has 2 N–H and O–H groups in total. The van der Waals surface area contributed by atoms with Gasteiger partial charge in [-0.2, -0.15) is 13.2 Å². The average molecular weight is 473 g/mol. The van der Waals surface area contributed by atoms with Crippen molar-refractivity contribution in [2.45, 2.75) is 129 Å². The Bertz CT molecular complexity index is 675. The van der Waals surface area contributed by atoms with E-state index in [1.807, 2.05) is 0 Å². The van der Waals surface area contributed by atoms with Gasteiger partial charge in [0.2, 0.25) is 0 Å². The van der Waals surface area contributed by atoms with E-state index in [2.05, 4.69) is 33.8 Å². The van der Waals surface area contributed by atoms with Crippen LogP contribution in [0.3, 0.4) is 0 Å². The molecule has 2 fully saturated rings. The molecule has 0 radical (unpaired) electrons. The highest BCUT2D eigenvalue weighted by Crippen LogP contribution is 2.58. The summed E-state index contributed by atoms with van der Waals surface area (Å²) in [7, 11) is 0. The molecule has 0 aliphatic heterocycles. The van der Waals surface area contributed by atoms with E-state index in [0.29, 0.717) is 36.0 Å². The minimum absolute atomic E-state index is 0.184. The predicted octanol–water partition coefficient (Wildman–Crippen LogP) is 7.83. The van der Waals surface area contributed by atoms with Crippen molar-refractivity contribution in [2.24, 2.45) is 35.0 Å². The van der Waals surface area contributed by atoms with E-state index >= 15 is 0 Å². The van der Waals surface area contributed by atoms with Gasteiger partial charge in [-0.25, -0.2) is 0 Å². The van der Waals surface area contributed by atoms with E-state index in [9.17, 15) is 23.4 Å². The van der Waals surface area contributed by atoms with E-state index in [-0.39, 0.29) is 11.8 Å². The van der Waals surface area contributed by atoms with Crippen molar-refractivity contribution in [3.63, 3.8) is 0 Å². The molecular formula is C28H47F3O2. The van der Waals surface area contributed by atoms with Crippen LogP contribution in [0, 0.1) is 35.0 Å². The molecule has 192 valence electrons. The Hall–Kier alpha value is -0.550. The quantitative estimate of drug-likeness (QED) is 0.387. The number of fused-ring (bicyclic) bond motifs is 2. The number of aliphatic hydroxyl groups excluding tert-OH is 1. The van der Waals surface area contributed by atoms with Crippen LogP contribution in [-0.4, -0.2) is 28.1 Å². The third kappa shape index (κ3) is 6.18. The largest absolute Gasteiger partial charge is 0.414 e. The Morgan fingerprint density at radius 1 is 1.12 bits per heavy atom. The minimum Gasteiger partial charge on any atom is -0.390 e. The maximum atomic E-state index is 12.7. The van der Waals surface area contributed by atoms with E-state index < -0.39 is 17.9 Å². The van der Waals surface area contributed by atoms with Gasteiger partial charge in [-0.3, -0.25) is 0 Å². The van der Waals surface area contributed by atoms with Gasteiger partial charge in [0, 0.05) is 0 Å². The van der Waals surface area contributed by atoms with Gasteiger partial charge in [0.25, 0.3) is 0 Å². The Labute approximate surface area is 199 Å². The van der Waals surface area contributed by atoms with Crippen molar-refractivity contribution >= 4 is 0 Å². The van der Waals surface area contributed by atoms with E-state index in [1.165, 1.54) is 37.7 Å². The standard InChI is InChI=1S/C28H47F3O2/c1-5-27(33)17-15-21-9-7-16-26(4)23(19(2)8-6-10-25(32)28(29,30)31)13-14-24(26)20(3)11-12-22(21)18-27/h12,19-21,23-25,32-33H,5-11,13-18H2,1-4H3/t19-,20+,21+,23-,24+,25+,26-,27+/m1/s1. The van der Waals surface area contributed by atoms with E-state index in [0.717, 1.165) is 38.5 Å².